The van der Waals surface area contributed by atoms with Crippen molar-refractivity contribution in [2.75, 3.05) is 11.1 Å². The molecule has 0 unspecified atom stereocenters. The van der Waals surface area contributed by atoms with Crippen LogP contribution >= 0.6 is 11.6 Å². The molecule has 0 fully saturated rings. The number of amides is 1. The van der Waals surface area contributed by atoms with Gasteiger partial charge in [-0.15, -0.1) is 0 Å². The molecule has 0 saturated carbocycles. The van der Waals surface area contributed by atoms with Gasteiger partial charge in [0.1, 0.15) is 0 Å². The van der Waals surface area contributed by atoms with E-state index in [1.807, 2.05) is 0 Å². The third kappa shape index (κ3) is 2.81. The van der Waals surface area contributed by atoms with Gasteiger partial charge >= 0.3 is 0 Å². The van der Waals surface area contributed by atoms with E-state index in [0.717, 1.165) is 12.1 Å². The number of hydrogen-bond acceptors (Lipinski definition) is 6. The summed E-state index contributed by atoms with van der Waals surface area (Å²) in [5.74, 6) is -0.465. The number of benzene rings is 1. The van der Waals surface area contributed by atoms with Gasteiger partial charge in [-0.25, -0.2) is 4.98 Å². The van der Waals surface area contributed by atoms with Crippen molar-refractivity contribution in [2.45, 2.75) is 0 Å². The Labute approximate surface area is 117 Å². The Balaban J connectivity index is 2.36. The smallest absolute Gasteiger partial charge is 0.271 e. The largest absolute Gasteiger partial charge is 0.397 e. The number of hydrogen-bond donors (Lipinski definition) is 2. The molecular weight excluding hydrogens is 286 g/mol. The average molecular weight is 294 g/mol. The lowest BCUT2D eigenvalue weighted by Gasteiger charge is -2.07. The fraction of sp³-hybridized carbons (Fsp3) is 0. The fourth-order valence-corrected chi connectivity index (χ4v) is 1.66. The van der Waals surface area contributed by atoms with Crippen molar-refractivity contribution in [3.05, 3.63) is 51.4 Å². The Morgan fingerprint density at radius 2 is 2.15 bits per heavy atom. The zero-order valence-corrected chi connectivity index (χ0v) is 10.7. The highest BCUT2D eigenvalue weighted by Gasteiger charge is 2.19. The van der Waals surface area contributed by atoms with Crippen LogP contribution in [0, 0.1) is 10.1 Å². The third-order valence-corrected chi connectivity index (χ3v) is 2.69. The van der Waals surface area contributed by atoms with Crippen LogP contribution in [-0.2, 0) is 0 Å². The molecule has 2 aromatic rings. The number of nitrogens with one attached hydrogen (secondary N) is 1. The van der Waals surface area contributed by atoms with Crippen molar-refractivity contribution >= 4 is 34.7 Å². The van der Waals surface area contributed by atoms with Gasteiger partial charge < -0.3 is 11.1 Å². The standard InChI is InChI=1S/C11H8ClN5O3/c12-8-4-6(17(19)20)3-7(10(8)13)11(18)16-9-5-14-1-2-15-9/h1-5H,13H2,(H,15,16,18). The Hall–Kier alpha value is -2.74. The minimum Gasteiger partial charge on any atom is -0.397 e. The van der Waals surface area contributed by atoms with Crippen LogP contribution in [0.2, 0.25) is 5.02 Å². The topological polar surface area (TPSA) is 124 Å². The number of nitrogens with zero attached hydrogens (tertiary/aromatic N) is 3. The summed E-state index contributed by atoms with van der Waals surface area (Å²) in [4.78, 5) is 29.7. The molecule has 102 valence electrons. The maximum atomic E-state index is 12.0. The van der Waals surface area contributed by atoms with Gasteiger partial charge in [0.05, 0.1) is 27.4 Å². The van der Waals surface area contributed by atoms with E-state index in [4.69, 9.17) is 17.3 Å². The van der Waals surface area contributed by atoms with Crippen molar-refractivity contribution < 1.29 is 9.72 Å². The molecule has 1 heterocycles. The number of anilines is 2. The highest BCUT2D eigenvalue weighted by atomic mass is 35.5. The molecule has 2 rings (SSSR count). The molecule has 1 aromatic heterocycles. The molecule has 0 aliphatic heterocycles. The van der Waals surface area contributed by atoms with Crippen LogP contribution in [0.5, 0.6) is 0 Å². The van der Waals surface area contributed by atoms with E-state index < -0.39 is 10.8 Å². The number of non-ortho nitro benzene ring substituents is 1. The molecule has 0 spiro atoms. The summed E-state index contributed by atoms with van der Waals surface area (Å²) in [5.41, 5.74) is 5.18. The lowest BCUT2D eigenvalue weighted by molar-refractivity contribution is -0.384. The van der Waals surface area contributed by atoms with Gasteiger partial charge in [-0.1, -0.05) is 11.6 Å². The van der Waals surface area contributed by atoms with Gasteiger partial charge in [0.25, 0.3) is 11.6 Å². The summed E-state index contributed by atoms with van der Waals surface area (Å²) in [5, 5.41) is 13.1. The van der Waals surface area contributed by atoms with E-state index in [9.17, 15) is 14.9 Å². The van der Waals surface area contributed by atoms with Crippen LogP contribution in [0.25, 0.3) is 0 Å². The normalized spacial score (nSPS) is 10.1. The average Bonchev–Trinajstić information content (AvgIpc) is 2.42. The highest BCUT2D eigenvalue weighted by molar-refractivity contribution is 6.34. The number of nitro groups is 1. The monoisotopic (exact) mass is 293 g/mol. The number of nitrogens with two attached hydrogens (primary N) is 1. The van der Waals surface area contributed by atoms with E-state index in [2.05, 4.69) is 15.3 Å². The van der Waals surface area contributed by atoms with Crippen molar-refractivity contribution in [2.24, 2.45) is 0 Å². The van der Waals surface area contributed by atoms with Crippen LogP contribution in [0.15, 0.2) is 30.7 Å². The van der Waals surface area contributed by atoms with Crippen molar-refractivity contribution in [1.29, 1.82) is 0 Å². The number of halogens is 1. The minimum atomic E-state index is -0.662. The van der Waals surface area contributed by atoms with Crippen molar-refractivity contribution in [1.82, 2.24) is 9.97 Å². The molecule has 20 heavy (non-hydrogen) atoms. The molecule has 0 saturated heterocycles. The Kier molecular flexibility index (Phi) is 3.76. The number of carbonyl (C=O) groups excluding carboxylic acids is 1. The summed E-state index contributed by atoms with van der Waals surface area (Å²) in [6.45, 7) is 0. The summed E-state index contributed by atoms with van der Waals surface area (Å²) >= 11 is 5.77. The summed E-state index contributed by atoms with van der Waals surface area (Å²) in [6.07, 6.45) is 4.15. The first-order chi connectivity index (χ1) is 9.49. The second kappa shape index (κ2) is 5.49. The second-order valence-corrected chi connectivity index (χ2v) is 4.10. The van der Waals surface area contributed by atoms with E-state index in [-0.39, 0.29) is 27.8 Å². The molecule has 9 heteroatoms. The molecule has 0 radical (unpaired) electrons. The first kappa shape index (κ1) is 13.7. The summed E-state index contributed by atoms with van der Waals surface area (Å²) in [6, 6.07) is 2.13. The van der Waals surface area contributed by atoms with E-state index in [1.165, 1.54) is 18.6 Å². The van der Waals surface area contributed by atoms with Crippen LogP contribution in [0.3, 0.4) is 0 Å². The van der Waals surface area contributed by atoms with Crippen molar-refractivity contribution in [3.63, 3.8) is 0 Å². The Morgan fingerprint density at radius 1 is 1.40 bits per heavy atom. The number of carbonyl (C=O) groups is 1. The lowest BCUT2D eigenvalue weighted by atomic mass is 10.1. The van der Waals surface area contributed by atoms with Crippen LogP contribution in [0.4, 0.5) is 17.2 Å². The zero-order chi connectivity index (χ0) is 14.7. The molecule has 0 aliphatic rings. The molecule has 0 aliphatic carbocycles. The first-order valence-corrected chi connectivity index (χ1v) is 5.67. The maximum Gasteiger partial charge on any atom is 0.271 e. The van der Waals surface area contributed by atoms with Gasteiger partial charge in [-0.05, 0) is 0 Å². The molecule has 1 amide bonds. The summed E-state index contributed by atoms with van der Waals surface area (Å²) < 4.78 is 0. The van der Waals surface area contributed by atoms with Gasteiger partial charge in [-0.2, -0.15) is 0 Å². The molecule has 0 bridgehead atoms. The SMILES string of the molecule is Nc1c(Cl)cc([N+](=O)[O-])cc1C(=O)Nc1cnccn1. The van der Waals surface area contributed by atoms with E-state index in [0.29, 0.717) is 0 Å². The highest BCUT2D eigenvalue weighted by Crippen LogP contribution is 2.29. The van der Waals surface area contributed by atoms with E-state index in [1.54, 1.807) is 0 Å². The van der Waals surface area contributed by atoms with Crippen molar-refractivity contribution in [3.8, 4) is 0 Å². The molecule has 0 atom stereocenters. The lowest BCUT2D eigenvalue weighted by Crippen LogP contribution is -2.15. The molecular formula is C11H8ClN5O3. The number of aromatic nitrogens is 2. The second-order valence-electron chi connectivity index (χ2n) is 3.69. The number of nitrogen functional groups attached to an aromatic ring is 1. The van der Waals surface area contributed by atoms with Crippen LogP contribution in [-0.4, -0.2) is 20.8 Å². The number of rotatable bonds is 3. The van der Waals surface area contributed by atoms with Gasteiger partial charge in [0, 0.05) is 24.5 Å². The predicted octanol–water partition coefficient (Wildman–Crippen LogP) is 1.87. The van der Waals surface area contributed by atoms with Gasteiger partial charge in [0.2, 0.25) is 0 Å². The van der Waals surface area contributed by atoms with Gasteiger partial charge in [0.15, 0.2) is 5.82 Å². The number of nitro benzene ring substituents is 1. The zero-order valence-electron chi connectivity index (χ0n) is 9.91. The Morgan fingerprint density at radius 3 is 2.75 bits per heavy atom. The van der Waals surface area contributed by atoms with Gasteiger partial charge in [-0.3, -0.25) is 19.9 Å². The molecule has 8 nitrogen and oxygen atoms in total. The first-order valence-electron chi connectivity index (χ1n) is 5.30. The quantitative estimate of drug-likeness (QED) is 0.505. The van der Waals surface area contributed by atoms with Crippen LogP contribution < -0.4 is 11.1 Å². The minimum absolute atomic E-state index is 0.0429. The predicted molar refractivity (Wildman–Crippen MR) is 72.5 cm³/mol. The molecule has 3 N–H and O–H groups in total. The maximum absolute atomic E-state index is 12.0. The van der Waals surface area contributed by atoms with Crippen LogP contribution in [0.1, 0.15) is 10.4 Å². The van der Waals surface area contributed by atoms with E-state index >= 15 is 0 Å². The fourth-order valence-electron chi connectivity index (χ4n) is 1.44. The third-order valence-electron chi connectivity index (χ3n) is 2.37. The summed E-state index contributed by atoms with van der Waals surface area (Å²) in [7, 11) is 0. The molecule has 1 aromatic carbocycles. The Bertz CT molecular complexity index is 677.